The van der Waals surface area contributed by atoms with Crippen molar-refractivity contribution >= 4 is 27.3 Å². The number of carbonyl (C=O) groups excluding carboxylic acids is 1. The molecule has 2 aromatic rings. The van der Waals surface area contributed by atoms with Gasteiger partial charge in [-0.05, 0) is 24.8 Å². The van der Waals surface area contributed by atoms with E-state index in [0.717, 1.165) is 5.56 Å². The number of rotatable bonds is 5. The summed E-state index contributed by atoms with van der Waals surface area (Å²) in [4.78, 5) is 16.2. The zero-order valence-corrected chi connectivity index (χ0v) is 13.9. The van der Waals surface area contributed by atoms with Crippen molar-refractivity contribution in [3.05, 3.63) is 29.7 Å². The first kappa shape index (κ1) is 16.2. The van der Waals surface area contributed by atoms with Gasteiger partial charge in [-0.3, -0.25) is 4.79 Å². The lowest BCUT2D eigenvalue weighted by Gasteiger charge is -2.21. The molecular formula is C14H16N2O5S2. The molecule has 23 heavy (non-hydrogen) atoms. The average molecular weight is 356 g/mol. The van der Waals surface area contributed by atoms with E-state index < -0.39 is 15.9 Å². The molecule has 0 spiro atoms. The van der Waals surface area contributed by atoms with Crippen LogP contribution in [0.25, 0.3) is 10.6 Å². The zero-order chi connectivity index (χ0) is 16.3. The third kappa shape index (κ3) is 4.18. The van der Waals surface area contributed by atoms with Gasteiger partial charge in [-0.15, -0.1) is 11.3 Å². The second-order valence-corrected chi connectivity index (χ2v) is 7.94. The number of nitrogens with one attached hydrogen (secondary N) is 1. The molecule has 1 N–H and O–H groups in total. The van der Waals surface area contributed by atoms with Crippen LogP contribution in [0, 0.1) is 5.92 Å². The summed E-state index contributed by atoms with van der Waals surface area (Å²) in [5, 5.41) is 2.13. The lowest BCUT2D eigenvalue weighted by molar-refractivity contribution is 0.0722. The number of thiazole rings is 1. The molecule has 124 valence electrons. The van der Waals surface area contributed by atoms with E-state index in [-0.39, 0.29) is 17.4 Å². The first-order chi connectivity index (χ1) is 11.0. The van der Waals surface area contributed by atoms with Crippen LogP contribution in [0.15, 0.2) is 28.4 Å². The molecule has 0 atom stereocenters. The van der Waals surface area contributed by atoms with E-state index in [1.165, 1.54) is 29.2 Å². The van der Waals surface area contributed by atoms with Crippen molar-refractivity contribution in [2.24, 2.45) is 5.92 Å². The monoisotopic (exact) mass is 356 g/mol. The van der Waals surface area contributed by atoms with Gasteiger partial charge in [0.1, 0.15) is 17.0 Å². The minimum Gasteiger partial charge on any atom is -0.472 e. The summed E-state index contributed by atoms with van der Waals surface area (Å²) >= 11 is 1.25. The van der Waals surface area contributed by atoms with E-state index in [9.17, 15) is 13.2 Å². The number of amides is 1. The first-order valence-electron chi connectivity index (χ1n) is 7.14. The second-order valence-electron chi connectivity index (χ2n) is 5.32. The third-order valence-electron chi connectivity index (χ3n) is 3.55. The van der Waals surface area contributed by atoms with Gasteiger partial charge in [0.25, 0.3) is 5.91 Å². The Kier molecular flexibility index (Phi) is 4.79. The maximum Gasteiger partial charge on any atom is 0.284 e. The maximum absolute atomic E-state index is 12.1. The lowest BCUT2D eigenvalue weighted by Crippen LogP contribution is -2.36. The molecule has 0 aromatic carbocycles. The number of ether oxygens (including phenoxy) is 1. The number of hydrogen-bond donors (Lipinski definition) is 1. The van der Waals surface area contributed by atoms with E-state index in [4.69, 9.17) is 9.15 Å². The minimum absolute atomic E-state index is 0.0194. The molecule has 7 nitrogen and oxygen atoms in total. The first-order valence-corrected chi connectivity index (χ1v) is 9.67. The normalized spacial score (nSPS) is 16.3. The Labute approximate surface area is 137 Å². The number of carbonyl (C=O) groups is 1. The molecule has 0 radical (unpaired) electrons. The molecule has 1 aliphatic heterocycles. The summed E-state index contributed by atoms with van der Waals surface area (Å²) in [6.45, 7) is 1.13. The van der Waals surface area contributed by atoms with Crippen LogP contribution in [0.3, 0.4) is 0 Å². The number of nitrogens with zero attached hydrogens (tertiary/aromatic N) is 1. The van der Waals surface area contributed by atoms with E-state index in [1.54, 1.807) is 6.07 Å². The fraction of sp³-hybridized carbons (Fsp3) is 0.429. The van der Waals surface area contributed by atoms with Crippen molar-refractivity contribution in [2.45, 2.75) is 12.8 Å². The Morgan fingerprint density at radius 1 is 1.39 bits per heavy atom. The topological polar surface area (TPSA) is 98.5 Å². The van der Waals surface area contributed by atoms with Crippen LogP contribution in [0.2, 0.25) is 0 Å². The van der Waals surface area contributed by atoms with Gasteiger partial charge < -0.3 is 9.15 Å². The Balaban J connectivity index is 1.64. The van der Waals surface area contributed by atoms with Crippen LogP contribution in [0.1, 0.15) is 23.3 Å². The summed E-state index contributed by atoms with van der Waals surface area (Å²) in [6.07, 6.45) is 4.41. The fourth-order valence-corrected chi connectivity index (χ4v) is 4.57. The smallest absolute Gasteiger partial charge is 0.284 e. The Hall–Kier alpha value is -1.71. The number of aromatic nitrogens is 1. The number of hydrogen-bond acceptors (Lipinski definition) is 7. The van der Waals surface area contributed by atoms with Crippen molar-refractivity contribution in [1.82, 2.24) is 9.71 Å². The number of sulfonamides is 1. The maximum atomic E-state index is 12.1. The van der Waals surface area contributed by atoms with Crippen molar-refractivity contribution in [3.63, 3.8) is 0 Å². The standard InChI is InChI=1S/C14H16N2O5S2/c17-13(12-8-22-14(15-12)11-3-6-21-7-11)16-23(18,19)9-10-1-4-20-5-2-10/h3,6-8,10H,1-2,4-5,9H2,(H,16,17). The largest absolute Gasteiger partial charge is 0.472 e. The van der Waals surface area contributed by atoms with Crippen LogP contribution >= 0.6 is 11.3 Å². The predicted octanol–water partition coefficient (Wildman–Crippen LogP) is 1.89. The van der Waals surface area contributed by atoms with E-state index >= 15 is 0 Å². The van der Waals surface area contributed by atoms with Crippen LogP contribution in [0.5, 0.6) is 0 Å². The van der Waals surface area contributed by atoms with Gasteiger partial charge in [0, 0.05) is 24.2 Å². The Morgan fingerprint density at radius 2 is 2.17 bits per heavy atom. The minimum atomic E-state index is -3.68. The van der Waals surface area contributed by atoms with Crippen LogP contribution in [-0.4, -0.2) is 38.3 Å². The van der Waals surface area contributed by atoms with Crippen molar-refractivity contribution in [1.29, 1.82) is 0 Å². The third-order valence-corrected chi connectivity index (χ3v) is 5.85. The molecule has 0 aliphatic carbocycles. The summed E-state index contributed by atoms with van der Waals surface area (Å²) in [7, 11) is -3.68. The van der Waals surface area contributed by atoms with Gasteiger partial charge in [-0.2, -0.15) is 0 Å². The van der Waals surface area contributed by atoms with Crippen LogP contribution in [0.4, 0.5) is 0 Å². The molecule has 2 aromatic heterocycles. The summed E-state index contributed by atoms with van der Waals surface area (Å²) < 4.78 is 36.5. The second kappa shape index (κ2) is 6.81. The van der Waals surface area contributed by atoms with Gasteiger partial charge in [0.05, 0.1) is 12.0 Å². The van der Waals surface area contributed by atoms with E-state index in [0.29, 0.717) is 31.1 Å². The van der Waals surface area contributed by atoms with E-state index in [1.807, 2.05) is 0 Å². The van der Waals surface area contributed by atoms with Crippen molar-refractivity contribution in [2.75, 3.05) is 19.0 Å². The van der Waals surface area contributed by atoms with Crippen LogP contribution in [-0.2, 0) is 14.8 Å². The molecule has 1 amide bonds. The van der Waals surface area contributed by atoms with Crippen molar-refractivity contribution < 1.29 is 22.4 Å². The fourth-order valence-electron chi connectivity index (χ4n) is 2.36. The molecule has 3 rings (SSSR count). The quantitative estimate of drug-likeness (QED) is 0.878. The highest BCUT2D eigenvalue weighted by Gasteiger charge is 2.24. The SMILES string of the molecule is O=C(NS(=O)(=O)CC1CCOCC1)c1csc(-c2ccoc2)n1. The van der Waals surface area contributed by atoms with Gasteiger partial charge in [-0.1, -0.05) is 0 Å². The Morgan fingerprint density at radius 3 is 2.87 bits per heavy atom. The molecule has 1 saturated heterocycles. The molecule has 1 aliphatic rings. The highest BCUT2D eigenvalue weighted by atomic mass is 32.2. The average Bonchev–Trinajstić information content (AvgIpc) is 3.18. The highest BCUT2D eigenvalue weighted by Crippen LogP contribution is 2.24. The van der Waals surface area contributed by atoms with Crippen molar-refractivity contribution in [3.8, 4) is 10.6 Å². The van der Waals surface area contributed by atoms with Gasteiger partial charge in [0.15, 0.2) is 0 Å². The lowest BCUT2D eigenvalue weighted by atomic mass is 10.0. The molecule has 0 bridgehead atoms. The molecule has 0 unspecified atom stereocenters. The van der Waals surface area contributed by atoms with Gasteiger partial charge in [-0.25, -0.2) is 18.1 Å². The van der Waals surface area contributed by atoms with Crippen LogP contribution < -0.4 is 4.72 Å². The molecule has 9 heteroatoms. The molecule has 1 fully saturated rings. The summed E-state index contributed by atoms with van der Waals surface area (Å²) in [5.41, 5.74) is 0.834. The van der Waals surface area contributed by atoms with Gasteiger partial charge >= 0.3 is 0 Å². The number of furan rings is 1. The van der Waals surface area contributed by atoms with Gasteiger partial charge in [0.2, 0.25) is 10.0 Å². The molecular weight excluding hydrogens is 340 g/mol. The Bertz CT molecular complexity index is 761. The summed E-state index contributed by atoms with van der Waals surface area (Å²) in [6, 6.07) is 1.72. The van der Waals surface area contributed by atoms with E-state index in [2.05, 4.69) is 9.71 Å². The zero-order valence-electron chi connectivity index (χ0n) is 12.2. The summed E-state index contributed by atoms with van der Waals surface area (Å²) in [5.74, 6) is -0.755. The molecule has 0 saturated carbocycles. The predicted molar refractivity (Wildman–Crippen MR) is 84.6 cm³/mol. The molecule has 3 heterocycles. The highest BCUT2D eigenvalue weighted by molar-refractivity contribution is 7.90.